The van der Waals surface area contributed by atoms with E-state index >= 15 is 0 Å². The van der Waals surface area contributed by atoms with E-state index in [9.17, 15) is 13.2 Å². The monoisotopic (exact) mass is 763 g/mol. The maximum atomic E-state index is 13.4. The summed E-state index contributed by atoms with van der Waals surface area (Å²) in [6.07, 6.45) is 1.95. The minimum absolute atomic E-state index is 0.0506. The number of sulfonamides is 1. The van der Waals surface area contributed by atoms with Gasteiger partial charge in [-0.2, -0.15) is 0 Å². The van der Waals surface area contributed by atoms with Crippen molar-refractivity contribution in [3.63, 3.8) is 0 Å². The molecule has 2 N–H and O–H groups in total. The van der Waals surface area contributed by atoms with E-state index in [-0.39, 0.29) is 11.8 Å². The number of hydrogen-bond acceptors (Lipinski definition) is 10. The summed E-state index contributed by atoms with van der Waals surface area (Å²) in [5.41, 5.74) is 4.11. The van der Waals surface area contributed by atoms with Gasteiger partial charge in [-0.25, -0.2) is 23.2 Å². The van der Waals surface area contributed by atoms with Crippen LogP contribution in [0.2, 0.25) is 25.7 Å². The molecule has 0 saturated carbocycles. The molecule has 0 aliphatic carbocycles. The van der Waals surface area contributed by atoms with Crippen molar-refractivity contribution in [1.29, 1.82) is 0 Å². The van der Waals surface area contributed by atoms with E-state index in [2.05, 4.69) is 60.1 Å². The predicted molar refractivity (Wildman–Crippen MR) is 213 cm³/mol. The summed E-state index contributed by atoms with van der Waals surface area (Å²) in [4.78, 5) is 26.0. The molecule has 4 heterocycles. The lowest BCUT2D eigenvalue weighted by atomic mass is 10.1. The van der Waals surface area contributed by atoms with Gasteiger partial charge in [0.1, 0.15) is 30.1 Å². The van der Waals surface area contributed by atoms with Crippen molar-refractivity contribution in [1.82, 2.24) is 19.9 Å². The normalized spacial score (nSPS) is 17.0. The van der Waals surface area contributed by atoms with Crippen LogP contribution in [0, 0.1) is 0 Å². The van der Waals surface area contributed by atoms with E-state index in [1.165, 1.54) is 0 Å². The molecule has 6 rings (SSSR count). The third kappa shape index (κ3) is 10.5. The Labute approximate surface area is 314 Å². The van der Waals surface area contributed by atoms with E-state index < -0.39 is 29.8 Å². The Kier molecular flexibility index (Phi) is 11.7. The van der Waals surface area contributed by atoms with Gasteiger partial charge in [-0.05, 0) is 74.7 Å². The number of nitrogens with one attached hydrogen (secondary N) is 2. The predicted octanol–water partition coefficient (Wildman–Crippen LogP) is 6.29. The van der Waals surface area contributed by atoms with Gasteiger partial charge in [-0.15, -0.1) is 0 Å². The van der Waals surface area contributed by atoms with Crippen LogP contribution in [0.4, 0.5) is 22.0 Å². The molecule has 53 heavy (non-hydrogen) atoms. The van der Waals surface area contributed by atoms with Crippen molar-refractivity contribution in [3.05, 3.63) is 66.5 Å². The van der Waals surface area contributed by atoms with E-state index in [1.54, 1.807) is 18.5 Å². The number of hydrogen-bond donors (Lipinski definition) is 2. The number of carbonyl (C=O) groups excluding carboxylic acids is 1. The van der Waals surface area contributed by atoms with Crippen LogP contribution in [0.1, 0.15) is 32.8 Å². The molecule has 1 atom stereocenters. The molecule has 0 spiro atoms. The van der Waals surface area contributed by atoms with Crippen molar-refractivity contribution < 1.29 is 27.4 Å². The van der Waals surface area contributed by atoms with Crippen LogP contribution < -0.4 is 19.8 Å². The molecular formula is C38H53N7O6SSi. The molecule has 0 radical (unpaired) electrons. The van der Waals surface area contributed by atoms with Gasteiger partial charge in [-0.1, -0.05) is 43.9 Å². The highest BCUT2D eigenvalue weighted by Crippen LogP contribution is 2.33. The Morgan fingerprint density at radius 3 is 2.47 bits per heavy atom. The van der Waals surface area contributed by atoms with Crippen molar-refractivity contribution in [2.75, 3.05) is 60.5 Å². The Morgan fingerprint density at radius 2 is 1.75 bits per heavy atom. The number of nitrogens with zero attached hydrogens (tertiary/aromatic N) is 5. The van der Waals surface area contributed by atoms with Crippen LogP contribution >= 0.6 is 0 Å². The lowest BCUT2D eigenvalue weighted by Gasteiger charge is -2.28. The fraction of sp³-hybridized carbons (Fsp3) is 0.500. The fourth-order valence-electron chi connectivity index (χ4n) is 6.56. The van der Waals surface area contributed by atoms with Gasteiger partial charge in [0.2, 0.25) is 10.0 Å². The second-order valence-corrected chi connectivity index (χ2v) is 23.4. The van der Waals surface area contributed by atoms with Gasteiger partial charge in [0.15, 0.2) is 0 Å². The Hall–Kier alpha value is -4.18. The maximum Gasteiger partial charge on any atom is 0.407 e. The molecule has 1 amide bonds. The first-order valence-electron chi connectivity index (χ1n) is 18.3. The lowest BCUT2D eigenvalue weighted by molar-refractivity contribution is 0.0509. The molecule has 4 aromatic rings. The van der Waals surface area contributed by atoms with Crippen molar-refractivity contribution in [2.24, 2.45) is 0 Å². The van der Waals surface area contributed by atoms with Crippen LogP contribution in [0.15, 0.2) is 60.9 Å². The van der Waals surface area contributed by atoms with Gasteiger partial charge in [0, 0.05) is 52.2 Å². The number of morpholine rings is 1. The topological polar surface area (TPSA) is 140 Å². The highest BCUT2D eigenvalue weighted by atomic mass is 32.2. The first kappa shape index (κ1) is 38.5. The minimum atomic E-state index is -3.72. The average Bonchev–Trinajstić information content (AvgIpc) is 3.70. The molecule has 286 valence electrons. The number of aromatic nitrogens is 3. The van der Waals surface area contributed by atoms with E-state index in [0.29, 0.717) is 44.3 Å². The summed E-state index contributed by atoms with van der Waals surface area (Å²) < 4.78 is 48.8. The maximum absolute atomic E-state index is 13.4. The quantitative estimate of drug-likeness (QED) is 0.118. The van der Waals surface area contributed by atoms with Gasteiger partial charge in [-0.3, -0.25) is 4.72 Å². The SMILES string of the molecule is CC(C)(C)OC(=O)N[C@@H]1CCN(c2cccc(CS(=O)(=O)Nc3ccc(-c4cc5c(N6CCOCC6)ncnc5n4COCC[Si](C)(C)C)cc3)c2)C1. The smallest absolute Gasteiger partial charge is 0.407 e. The van der Waals surface area contributed by atoms with Crippen LogP contribution in [-0.2, 0) is 36.7 Å². The number of alkyl carbamates (subject to hydrolysis) is 1. The summed E-state index contributed by atoms with van der Waals surface area (Å²) in [5, 5.41) is 3.88. The van der Waals surface area contributed by atoms with Gasteiger partial charge in [0.25, 0.3) is 0 Å². The summed E-state index contributed by atoms with van der Waals surface area (Å²) >= 11 is 0. The zero-order chi connectivity index (χ0) is 37.8. The highest BCUT2D eigenvalue weighted by molar-refractivity contribution is 7.91. The molecular weight excluding hydrogens is 711 g/mol. The minimum Gasteiger partial charge on any atom is -0.444 e. The summed E-state index contributed by atoms with van der Waals surface area (Å²) in [5.74, 6) is 0.693. The van der Waals surface area contributed by atoms with E-state index in [1.807, 2.05) is 57.2 Å². The Morgan fingerprint density at radius 1 is 1.00 bits per heavy atom. The number of benzene rings is 2. The van der Waals surface area contributed by atoms with Crippen LogP contribution in [0.3, 0.4) is 0 Å². The van der Waals surface area contributed by atoms with Crippen molar-refractivity contribution >= 4 is 52.4 Å². The van der Waals surface area contributed by atoms with Gasteiger partial charge < -0.3 is 33.9 Å². The fourth-order valence-corrected chi connectivity index (χ4v) is 8.50. The Balaban J connectivity index is 1.14. The standard InChI is InChI=1S/C38H53N7O6SSi/c1-38(2,3)51-37(46)41-31-14-15-44(24-31)32-9-7-8-28(22-32)25-52(47,48)42-30-12-10-29(11-13-30)34-23-33-35(43-16-18-49-19-17-43)39-26-40-36(33)45(34)27-50-20-21-53(4,5)6/h7-13,22-23,26,31,42H,14-21,24-25,27H2,1-6H3,(H,41,46)/t31-/m1/s1. The molecule has 2 aromatic carbocycles. The first-order valence-corrected chi connectivity index (χ1v) is 23.7. The average molecular weight is 764 g/mol. The number of fused-ring (bicyclic) bond motifs is 1. The number of carbonyl (C=O) groups is 1. The second-order valence-electron chi connectivity index (χ2n) is 16.0. The van der Waals surface area contributed by atoms with Crippen LogP contribution in [0.25, 0.3) is 22.3 Å². The number of ether oxygens (including phenoxy) is 3. The molecule has 2 fully saturated rings. The lowest BCUT2D eigenvalue weighted by Crippen LogP contribution is -2.40. The zero-order valence-electron chi connectivity index (χ0n) is 31.7. The summed E-state index contributed by atoms with van der Waals surface area (Å²) in [6.45, 7) is 17.7. The third-order valence-electron chi connectivity index (χ3n) is 9.19. The number of anilines is 3. The van der Waals surface area contributed by atoms with Crippen molar-refractivity contribution in [3.8, 4) is 11.3 Å². The largest absolute Gasteiger partial charge is 0.444 e. The first-order chi connectivity index (χ1) is 25.1. The molecule has 0 bridgehead atoms. The number of amides is 1. The second kappa shape index (κ2) is 16.0. The van der Waals surface area contributed by atoms with E-state index in [0.717, 1.165) is 65.9 Å². The molecule has 13 nitrogen and oxygen atoms in total. The van der Waals surface area contributed by atoms with Crippen LogP contribution in [0.5, 0.6) is 0 Å². The molecule has 2 saturated heterocycles. The molecule has 15 heteroatoms. The van der Waals surface area contributed by atoms with E-state index in [4.69, 9.17) is 14.2 Å². The molecule has 0 unspecified atom stereocenters. The molecule has 2 aliphatic heterocycles. The zero-order valence-corrected chi connectivity index (χ0v) is 33.5. The Bertz CT molecular complexity index is 1990. The van der Waals surface area contributed by atoms with Crippen LogP contribution in [-0.4, -0.2) is 94.8 Å². The number of rotatable bonds is 13. The van der Waals surface area contributed by atoms with Gasteiger partial charge >= 0.3 is 6.09 Å². The van der Waals surface area contributed by atoms with Crippen molar-refractivity contribution in [2.45, 2.75) is 77.0 Å². The third-order valence-corrected chi connectivity index (χ3v) is 12.2. The summed E-state index contributed by atoms with van der Waals surface area (Å²) in [6, 6.07) is 18.1. The molecule has 2 aromatic heterocycles. The molecule has 2 aliphatic rings. The highest BCUT2D eigenvalue weighted by Gasteiger charge is 2.27. The van der Waals surface area contributed by atoms with Gasteiger partial charge in [0.05, 0.1) is 36.1 Å². The summed E-state index contributed by atoms with van der Waals surface area (Å²) in [7, 11) is -4.99.